The molecule has 0 aliphatic carbocycles. The third kappa shape index (κ3) is 4.18. The van der Waals surface area contributed by atoms with Gasteiger partial charge >= 0.3 is 0 Å². The molecule has 0 aromatic carbocycles. The van der Waals surface area contributed by atoms with Crippen molar-refractivity contribution in [2.45, 2.75) is 26.0 Å². The summed E-state index contributed by atoms with van der Waals surface area (Å²) in [6.07, 6.45) is 2.86. The van der Waals surface area contributed by atoms with E-state index >= 15 is 0 Å². The van der Waals surface area contributed by atoms with Crippen molar-refractivity contribution in [2.24, 2.45) is 0 Å². The molecule has 0 saturated carbocycles. The van der Waals surface area contributed by atoms with Crippen molar-refractivity contribution in [2.75, 3.05) is 32.8 Å². The highest BCUT2D eigenvalue weighted by atomic mass is 32.1. The molecule has 2 N–H and O–H groups in total. The van der Waals surface area contributed by atoms with Crippen molar-refractivity contribution < 1.29 is 19.4 Å². The number of hydrogen-bond acceptors (Lipinski definition) is 7. The number of nitrogens with zero attached hydrogens (tertiary/aromatic N) is 4. The maximum atomic E-state index is 13.2. The molecule has 3 aromatic rings. The largest absolute Gasteiger partial charge is 0.395 e. The summed E-state index contributed by atoms with van der Waals surface area (Å²) in [6, 6.07) is 5.53. The van der Waals surface area contributed by atoms with Crippen LogP contribution in [0.15, 0.2) is 30.6 Å². The fourth-order valence-electron chi connectivity index (χ4n) is 3.75. The maximum absolute atomic E-state index is 13.2. The molecule has 1 unspecified atom stereocenters. The third-order valence-electron chi connectivity index (χ3n) is 5.16. The van der Waals surface area contributed by atoms with E-state index in [9.17, 15) is 9.59 Å². The predicted molar refractivity (Wildman–Crippen MR) is 116 cm³/mol. The SMILES string of the molecule is CC(C)n1nccc1C(=O)N1CCOC(c2c(C(=O)NCCO)sc3ncccc23)C1. The summed E-state index contributed by atoms with van der Waals surface area (Å²) in [6.45, 7) is 5.13. The molecule has 164 valence electrons. The number of rotatable bonds is 6. The monoisotopic (exact) mass is 443 g/mol. The van der Waals surface area contributed by atoms with E-state index in [2.05, 4.69) is 15.4 Å². The summed E-state index contributed by atoms with van der Waals surface area (Å²) in [4.78, 5) is 33.4. The second-order valence-electron chi connectivity index (χ2n) is 7.55. The molecule has 0 bridgehead atoms. The minimum Gasteiger partial charge on any atom is -0.395 e. The Labute approximate surface area is 183 Å². The van der Waals surface area contributed by atoms with Gasteiger partial charge in [0.2, 0.25) is 0 Å². The van der Waals surface area contributed by atoms with Gasteiger partial charge in [-0.3, -0.25) is 14.3 Å². The van der Waals surface area contributed by atoms with Gasteiger partial charge in [0.15, 0.2) is 0 Å². The van der Waals surface area contributed by atoms with Gasteiger partial charge < -0.3 is 20.1 Å². The topological polar surface area (TPSA) is 110 Å². The quantitative estimate of drug-likeness (QED) is 0.603. The molecule has 31 heavy (non-hydrogen) atoms. The number of aliphatic hydroxyl groups is 1. The zero-order chi connectivity index (χ0) is 22.0. The molecule has 10 heteroatoms. The Morgan fingerprint density at radius 1 is 1.35 bits per heavy atom. The second-order valence-corrected chi connectivity index (χ2v) is 8.54. The number of fused-ring (bicyclic) bond motifs is 1. The number of pyridine rings is 1. The second kappa shape index (κ2) is 9.13. The minimum atomic E-state index is -0.457. The standard InChI is InChI=1S/C21H25N5O4S/c1-13(2)26-15(5-7-24-26)21(29)25-9-11-30-16(12-25)17-14-4-3-6-23-20(14)31-18(17)19(28)22-8-10-27/h3-7,13,16,27H,8-12H2,1-2H3,(H,22,28). The lowest BCUT2D eigenvalue weighted by atomic mass is 10.0. The Balaban J connectivity index is 1.66. The molecule has 2 amide bonds. The van der Waals surface area contributed by atoms with E-state index in [1.165, 1.54) is 11.3 Å². The Kier molecular flexibility index (Phi) is 6.30. The average molecular weight is 444 g/mol. The van der Waals surface area contributed by atoms with Crippen LogP contribution in [-0.4, -0.2) is 69.4 Å². The Hall–Kier alpha value is -2.82. The van der Waals surface area contributed by atoms with Crippen LogP contribution in [0.4, 0.5) is 0 Å². The number of aliphatic hydroxyl groups excluding tert-OH is 1. The summed E-state index contributed by atoms with van der Waals surface area (Å²) in [7, 11) is 0. The Bertz CT molecular complexity index is 1090. The number of ether oxygens (including phenoxy) is 1. The molecule has 4 heterocycles. The number of amides is 2. The van der Waals surface area contributed by atoms with Crippen LogP contribution >= 0.6 is 11.3 Å². The number of aromatic nitrogens is 3. The van der Waals surface area contributed by atoms with Gasteiger partial charge in [-0.15, -0.1) is 11.3 Å². The third-order valence-corrected chi connectivity index (χ3v) is 6.29. The zero-order valence-corrected chi connectivity index (χ0v) is 18.3. The van der Waals surface area contributed by atoms with Crippen molar-refractivity contribution >= 4 is 33.4 Å². The lowest BCUT2D eigenvalue weighted by Gasteiger charge is -2.33. The number of carbonyl (C=O) groups is 2. The number of morpholine rings is 1. The van der Waals surface area contributed by atoms with Crippen LogP contribution < -0.4 is 5.32 Å². The van der Waals surface area contributed by atoms with Crippen LogP contribution in [0.5, 0.6) is 0 Å². The van der Waals surface area contributed by atoms with E-state index < -0.39 is 6.10 Å². The molecule has 1 fully saturated rings. The highest BCUT2D eigenvalue weighted by Crippen LogP contribution is 2.37. The highest BCUT2D eigenvalue weighted by molar-refractivity contribution is 7.20. The summed E-state index contributed by atoms with van der Waals surface area (Å²) < 4.78 is 7.75. The lowest BCUT2D eigenvalue weighted by molar-refractivity contribution is -0.0227. The van der Waals surface area contributed by atoms with E-state index in [0.717, 1.165) is 15.8 Å². The van der Waals surface area contributed by atoms with E-state index in [1.807, 2.05) is 26.0 Å². The molecular weight excluding hydrogens is 418 g/mol. The van der Waals surface area contributed by atoms with Gasteiger partial charge in [-0.2, -0.15) is 5.10 Å². The number of carbonyl (C=O) groups excluding carboxylic acids is 2. The molecule has 1 aliphatic heterocycles. The average Bonchev–Trinajstić information content (AvgIpc) is 3.42. The lowest BCUT2D eigenvalue weighted by Crippen LogP contribution is -2.43. The van der Waals surface area contributed by atoms with Gasteiger partial charge in [0.05, 0.1) is 19.8 Å². The Morgan fingerprint density at radius 3 is 2.97 bits per heavy atom. The van der Waals surface area contributed by atoms with Gasteiger partial charge in [-0.25, -0.2) is 4.98 Å². The maximum Gasteiger partial charge on any atom is 0.272 e. The predicted octanol–water partition coefficient (Wildman–Crippen LogP) is 2.01. The summed E-state index contributed by atoms with van der Waals surface area (Å²) in [5, 5.41) is 16.9. The van der Waals surface area contributed by atoms with Crippen molar-refractivity contribution in [3.05, 3.63) is 46.7 Å². The van der Waals surface area contributed by atoms with Gasteiger partial charge in [0.25, 0.3) is 11.8 Å². The molecule has 0 radical (unpaired) electrons. The first-order valence-corrected chi connectivity index (χ1v) is 11.0. The molecule has 1 atom stereocenters. The van der Waals surface area contributed by atoms with Crippen LogP contribution in [0, 0.1) is 0 Å². The summed E-state index contributed by atoms with van der Waals surface area (Å²) in [5.74, 6) is -0.388. The van der Waals surface area contributed by atoms with Gasteiger partial charge in [-0.05, 0) is 26.0 Å². The number of hydrogen-bond donors (Lipinski definition) is 2. The first kappa shape index (κ1) is 21.4. The first-order chi connectivity index (χ1) is 15.0. The fraction of sp³-hybridized carbons (Fsp3) is 0.429. The molecule has 9 nitrogen and oxygen atoms in total. The first-order valence-electron chi connectivity index (χ1n) is 10.2. The highest BCUT2D eigenvalue weighted by Gasteiger charge is 2.33. The van der Waals surface area contributed by atoms with E-state index in [0.29, 0.717) is 30.3 Å². The van der Waals surface area contributed by atoms with Crippen LogP contribution in [0.3, 0.4) is 0 Å². The molecular formula is C21H25N5O4S. The van der Waals surface area contributed by atoms with E-state index in [1.54, 1.807) is 28.0 Å². The smallest absolute Gasteiger partial charge is 0.272 e. The van der Waals surface area contributed by atoms with Crippen molar-refractivity contribution in [1.82, 2.24) is 25.0 Å². The van der Waals surface area contributed by atoms with Gasteiger partial charge in [0.1, 0.15) is 21.5 Å². The van der Waals surface area contributed by atoms with Crippen LogP contribution in [0.2, 0.25) is 0 Å². The minimum absolute atomic E-state index is 0.0690. The van der Waals surface area contributed by atoms with E-state index in [-0.39, 0.29) is 31.0 Å². The van der Waals surface area contributed by atoms with Crippen molar-refractivity contribution in [3.63, 3.8) is 0 Å². The Morgan fingerprint density at radius 2 is 2.19 bits per heavy atom. The van der Waals surface area contributed by atoms with Crippen LogP contribution in [0.1, 0.15) is 51.7 Å². The number of nitrogens with one attached hydrogen (secondary N) is 1. The molecule has 3 aromatic heterocycles. The normalized spacial score (nSPS) is 16.8. The zero-order valence-electron chi connectivity index (χ0n) is 17.4. The molecule has 1 aliphatic rings. The van der Waals surface area contributed by atoms with Crippen molar-refractivity contribution in [1.29, 1.82) is 0 Å². The molecule has 0 spiro atoms. The summed E-state index contributed by atoms with van der Waals surface area (Å²) in [5.41, 5.74) is 1.27. The number of thiophene rings is 1. The molecule has 1 saturated heterocycles. The van der Waals surface area contributed by atoms with E-state index in [4.69, 9.17) is 9.84 Å². The van der Waals surface area contributed by atoms with Crippen LogP contribution in [-0.2, 0) is 4.74 Å². The summed E-state index contributed by atoms with van der Waals surface area (Å²) >= 11 is 1.29. The van der Waals surface area contributed by atoms with Crippen molar-refractivity contribution in [3.8, 4) is 0 Å². The fourth-order valence-corrected chi connectivity index (χ4v) is 4.87. The van der Waals surface area contributed by atoms with Crippen LogP contribution in [0.25, 0.3) is 10.2 Å². The molecule has 4 rings (SSSR count). The van der Waals surface area contributed by atoms with Gasteiger partial charge in [-0.1, -0.05) is 6.07 Å². The van der Waals surface area contributed by atoms with Gasteiger partial charge in [0, 0.05) is 42.5 Å².